The summed E-state index contributed by atoms with van der Waals surface area (Å²) in [6.45, 7) is 5.74. The molecule has 2 amide bonds. The number of rotatable bonds is 10. The average Bonchev–Trinajstić information content (AvgIpc) is 2.72. The highest BCUT2D eigenvalue weighted by Gasteiger charge is 2.30. The highest BCUT2D eigenvalue weighted by molar-refractivity contribution is 7.92. The van der Waals surface area contributed by atoms with E-state index in [1.807, 2.05) is 38.1 Å². The van der Waals surface area contributed by atoms with E-state index in [1.165, 1.54) is 11.0 Å². The number of carbonyl (C=O) groups excluding carboxylic acids is 2. The van der Waals surface area contributed by atoms with Crippen LogP contribution in [0.3, 0.4) is 0 Å². The van der Waals surface area contributed by atoms with Crippen molar-refractivity contribution >= 4 is 39.1 Å². The maximum atomic E-state index is 13.4. The highest BCUT2D eigenvalue weighted by atomic mass is 35.5. The van der Waals surface area contributed by atoms with E-state index in [2.05, 4.69) is 5.32 Å². The summed E-state index contributed by atoms with van der Waals surface area (Å²) in [7, 11) is -3.78. The van der Waals surface area contributed by atoms with Gasteiger partial charge in [-0.2, -0.15) is 0 Å². The second-order valence-electron chi connectivity index (χ2n) is 7.73. The van der Waals surface area contributed by atoms with E-state index in [1.54, 1.807) is 25.1 Å². The van der Waals surface area contributed by atoms with Crippen molar-refractivity contribution in [3.63, 3.8) is 0 Å². The average molecular weight is 480 g/mol. The second kappa shape index (κ2) is 11.3. The molecular formula is C23H30ClN3O4S. The van der Waals surface area contributed by atoms with Crippen LogP contribution in [0, 0.1) is 6.92 Å². The van der Waals surface area contributed by atoms with E-state index >= 15 is 0 Å². The third-order valence-corrected chi connectivity index (χ3v) is 6.30. The zero-order chi connectivity index (χ0) is 23.9. The predicted molar refractivity (Wildman–Crippen MR) is 128 cm³/mol. The molecule has 2 aromatic rings. The lowest BCUT2D eigenvalue weighted by Gasteiger charge is -2.31. The Hall–Kier alpha value is -2.58. The quantitative estimate of drug-likeness (QED) is 0.566. The zero-order valence-electron chi connectivity index (χ0n) is 18.8. The van der Waals surface area contributed by atoms with Crippen LogP contribution in [-0.2, 0) is 26.2 Å². The topological polar surface area (TPSA) is 86.8 Å². The summed E-state index contributed by atoms with van der Waals surface area (Å²) in [6.07, 6.45) is 1.80. The van der Waals surface area contributed by atoms with Crippen LogP contribution in [0.2, 0.25) is 5.02 Å². The Labute approximate surface area is 195 Å². The van der Waals surface area contributed by atoms with Crippen molar-refractivity contribution in [3.05, 3.63) is 64.7 Å². The van der Waals surface area contributed by atoms with Crippen LogP contribution in [0.4, 0.5) is 5.69 Å². The van der Waals surface area contributed by atoms with Gasteiger partial charge in [0.05, 0.1) is 11.9 Å². The first kappa shape index (κ1) is 25.7. The number of hydrogen-bond acceptors (Lipinski definition) is 4. The molecule has 0 spiro atoms. The monoisotopic (exact) mass is 479 g/mol. The highest BCUT2D eigenvalue weighted by Crippen LogP contribution is 2.22. The molecule has 174 valence electrons. The van der Waals surface area contributed by atoms with Crippen molar-refractivity contribution in [2.45, 2.75) is 39.8 Å². The molecule has 0 heterocycles. The number of carbonyl (C=O) groups is 2. The lowest BCUT2D eigenvalue weighted by molar-refractivity contribution is -0.139. The third kappa shape index (κ3) is 7.24. The van der Waals surface area contributed by atoms with E-state index in [0.29, 0.717) is 11.6 Å². The molecule has 2 rings (SSSR count). The van der Waals surface area contributed by atoms with Gasteiger partial charge in [0.15, 0.2) is 0 Å². The fraction of sp³-hybridized carbons (Fsp3) is 0.391. The van der Waals surface area contributed by atoms with Gasteiger partial charge in [0.2, 0.25) is 21.8 Å². The van der Waals surface area contributed by atoms with Crippen molar-refractivity contribution in [1.29, 1.82) is 0 Å². The molecule has 0 fully saturated rings. The van der Waals surface area contributed by atoms with Gasteiger partial charge in [0.1, 0.15) is 12.6 Å². The molecule has 0 aliphatic rings. The number of sulfonamides is 1. The smallest absolute Gasteiger partial charge is 0.244 e. The molecule has 0 bridgehead atoms. The van der Waals surface area contributed by atoms with E-state index in [4.69, 9.17) is 11.6 Å². The Morgan fingerprint density at radius 2 is 1.81 bits per heavy atom. The minimum Gasteiger partial charge on any atom is -0.354 e. The standard InChI is InChI=1S/C23H30ClN3O4S/c1-5-12-25-23(29)18(3)26(15-19-9-6-8-17(2)13-19)22(28)16-27(32(4,30)31)21-11-7-10-20(24)14-21/h6-11,13-14,18H,5,12,15-16H2,1-4H3,(H,25,29). The van der Waals surface area contributed by atoms with E-state index in [0.717, 1.165) is 28.1 Å². The summed E-state index contributed by atoms with van der Waals surface area (Å²) in [5, 5.41) is 3.16. The number of nitrogens with zero attached hydrogens (tertiary/aromatic N) is 2. The summed E-state index contributed by atoms with van der Waals surface area (Å²) in [6, 6.07) is 13.1. The summed E-state index contributed by atoms with van der Waals surface area (Å²) in [4.78, 5) is 27.4. The second-order valence-corrected chi connectivity index (χ2v) is 10.1. The number of benzene rings is 2. The Morgan fingerprint density at radius 3 is 2.41 bits per heavy atom. The molecule has 0 radical (unpaired) electrons. The van der Waals surface area contributed by atoms with Crippen molar-refractivity contribution in [3.8, 4) is 0 Å². The molecule has 1 unspecified atom stereocenters. The van der Waals surface area contributed by atoms with Gasteiger partial charge in [-0.25, -0.2) is 8.42 Å². The van der Waals surface area contributed by atoms with Crippen LogP contribution < -0.4 is 9.62 Å². The molecule has 1 N–H and O–H groups in total. The maximum absolute atomic E-state index is 13.4. The van der Waals surface area contributed by atoms with E-state index in [-0.39, 0.29) is 18.1 Å². The largest absolute Gasteiger partial charge is 0.354 e. The van der Waals surface area contributed by atoms with Gasteiger partial charge in [-0.1, -0.05) is 54.4 Å². The minimum absolute atomic E-state index is 0.175. The third-order valence-electron chi connectivity index (χ3n) is 4.93. The Bertz CT molecular complexity index is 1060. The lowest BCUT2D eigenvalue weighted by Crippen LogP contribution is -2.51. The summed E-state index contributed by atoms with van der Waals surface area (Å²) in [5.41, 5.74) is 2.16. The lowest BCUT2D eigenvalue weighted by atomic mass is 10.1. The van der Waals surface area contributed by atoms with Crippen LogP contribution in [0.25, 0.3) is 0 Å². The van der Waals surface area contributed by atoms with Crippen molar-refractivity contribution in [1.82, 2.24) is 10.2 Å². The molecule has 32 heavy (non-hydrogen) atoms. The number of amides is 2. The summed E-state index contributed by atoms with van der Waals surface area (Å²) in [5.74, 6) is -0.780. The molecule has 2 aromatic carbocycles. The Kier molecular flexibility index (Phi) is 9.09. The minimum atomic E-state index is -3.78. The molecule has 9 heteroatoms. The molecule has 0 aromatic heterocycles. The molecule has 0 saturated heterocycles. The molecule has 7 nitrogen and oxygen atoms in total. The van der Waals surface area contributed by atoms with Crippen molar-refractivity contribution < 1.29 is 18.0 Å². The zero-order valence-corrected chi connectivity index (χ0v) is 20.4. The summed E-state index contributed by atoms with van der Waals surface area (Å²) < 4.78 is 26.0. The number of nitrogens with one attached hydrogen (secondary N) is 1. The van der Waals surface area contributed by atoms with Gasteiger partial charge >= 0.3 is 0 Å². The van der Waals surface area contributed by atoms with Gasteiger partial charge in [0.25, 0.3) is 0 Å². The Balaban J connectivity index is 2.37. The Morgan fingerprint density at radius 1 is 1.12 bits per heavy atom. The van der Waals surface area contributed by atoms with Crippen molar-refractivity contribution in [2.24, 2.45) is 0 Å². The van der Waals surface area contributed by atoms with Crippen LogP contribution in [0.5, 0.6) is 0 Å². The SMILES string of the molecule is CCCNC(=O)C(C)N(Cc1cccc(C)c1)C(=O)CN(c1cccc(Cl)c1)S(C)(=O)=O. The first-order chi connectivity index (χ1) is 15.0. The molecular weight excluding hydrogens is 450 g/mol. The normalized spacial score (nSPS) is 12.2. The fourth-order valence-electron chi connectivity index (χ4n) is 3.23. The molecule has 0 aliphatic carbocycles. The van der Waals surface area contributed by atoms with E-state index < -0.39 is 28.5 Å². The van der Waals surface area contributed by atoms with Gasteiger partial charge in [-0.05, 0) is 44.0 Å². The predicted octanol–water partition coefficient (Wildman–Crippen LogP) is 3.36. The number of anilines is 1. The van der Waals surface area contributed by atoms with Gasteiger partial charge < -0.3 is 10.2 Å². The maximum Gasteiger partial charge on any atom is 0.244 e. The fourth-order valence-corrected chi connectivity index (χ4v) is 4.26. The molecule has 1 atom stereocenters. The number of aryl methyl sites for hydroxylation is 1. The first-order valence-corrected chi connectivity index (χ1v) is 12.6. The van der Waals surface area contributed by atoms with Crippen molar-refractivity contribution in [2.75, 3.05) is 23.7 Å². The van der Waals surface area contributed by atoms with Crippen LogP contribution in [0.15, 0.2) is 48.5 Å². The van der Waals surface area contributed by atoms with E-state index in [9.17, 15) is 18.0 Å². The van der Waals surface area contributed by atoms with Gasteiger partial charge in [-0.15, -0.1) is 0 Å². The first-order valence-electron chi connectivity index (χ1n) is 10.4. The molecule has 0 aliphatic heterocycles. The molecule has 0 saturated carbocycles. The van der Waals surface area contributed by atoms with Gasteiger partial charge in [0, 0.05) is 18.1 Å². The van der Waals surface area contributed by atoms with Crippen LogP contribution >= 0.6 is 11.6 Å². The van der Waals surface area contributed by atoms with Gasteiger partial charge in [-0.3, -0.25) is 13.9 Å². The van der Waals surface area contributed by atoms with Crippen LogP contribution in [-0.4, -0.2) is 50.5 Å². The number of hydrogen-bond donors (Lipinski definition) is 1. The number of halogens is 1. The van der Waals surface area contributed by atoms with Crippen LogP contribution in [0.1, 0.15) is 31.4 Å². The summed E-state index contributed by atoms with van der Waals surface area (Å²) >= 11 is 6.03.